The minimum atomic E-state index is -4.17. The van der Waals surface area contributed by atoms with Crippen LogP contribution in [0.4, 0.5) is 10.1 Å². The average Bonchev–Trinajstić information content (AvgIpc) is 2.98. The summed E-state index contributed by atoms with van der Waals surface area (Å²) >= 11 is 0. The van der Waals surface area contributed by atoms with E-state index in [-0.39, 0.29) is 24.0 Å². The summed E-state index contributed by atoms with van der Waals surface area (Å²) < 4.78 is 48.9. The molecular weight excluding hydrogens is 397 g/mol. The van der Waals surface area contributed by atoms with Gasteiger partial charge in [-0.15, -0.1) is 0 Å². The van der Waals surface area contributed by atoms with Crippen molar-refractivity contribution in [2.75, 3.05) is 17.4 Å². The maximum Gasteiger partial charge on any atom is 0.326 e. The molecular formula is C20H22FN3O4S. The van der Waals surface area contributed by atoms with Crippen molar-refractivity contribution in [1.82, 2.24) is 4.72 Å². The minimum Gasteiger partial charge on any atom is -0.487 e. The van der Waals surface area contributed by atoms with Gasteiger partial charge in [-0.1, -0.05) is 30.3 Å². The molecule has 1 heterocycles. The number of rotatable bonds is 5. The summed E-state index contributed by atoms with van der Waals surface area (Å²) in [6, 6.07) is 11.0. The highest BCUT2D eigenvalue weighted by molar-refractivity contribution is 7.92. The summed E-state index contributed by atoms with van der Waals surface area (Å²) in [6.07, 6.45) is 1.90. The molecule has 1 aliphatic carbocycles. The van der Waals surface area contributed by atoms with Gasteiger partial charge in [0.05, 0.1) is 0 Å². The van der Waals surface area contributed by atoms with Gasteiger partial charge in [0.25, 0.3) is 5.91 Å². The summed E-state index contributed by atoms with van der Waals surface area (Å²) in [5, 5.41) is 0. The van der Waals surface area contributed by atoms with Crippen LogP contribution in [0.1, 0.15) is 23.1 Å². The molecule has 1 saturated heterocycles. The number of hydrogen-bond donors (Lipinski definition) is 2. The zero-order chi connectivity index (χ0) is 20.6. The number of anilines is 1. The molecule has 7 nitrogen and oxygen atoms in total. The first kappa shape index (κ1) is 19.7. The Labute approximate surface area is 168 Å². The summed E-state index contributed by atoms with van der Waals surface area (Å²) in [5.74, 6) is -1.13. The number of carbonyl (C=O) groups is 1. The fraction of sp³-hybridized carbons (Fsp3) is 0.350. The number of aryl methyl sites for hydroxylation is 1. The fourth-order valence-electron chi connectivity index (χ4n) is 3.82. The van der Waals surface area contributed by atoms with Gasteiger partial charge in [0.15, 0.2) is 5.82 Å². The second kappa shape index (κ2) is 7.64. The molecule has 3 N–H and O–H groups in total. The first-order valence-corrected chi connectivity index (χ1v) is 10.9. The van der Waals surface area contributed by atoms with Crippen LogP contribution in [0.3, 0.4) is 0 Å². The van der Waals surface area contributed by atoms with Crippen molar-refractivity contribution in [2.24, 2.45) is 11.7 Å². The molecule has 1 fully saturated rings. The highest BCUT2D eigenvalue weighted by Gasteiger charge is 2.39. The van der Waals surface area contributed by atoms with Crippen LogP contribution in [0.2, 0.25) is 0 Å². The number of halogens is 1. The maximum absolute atomic E-state index is 15.6. The first-order valence-electron chi connectivity index (χ1n) is 9.43. The first-order chi connectivity index (χ1) is 13.9. The highest BCUT2D eigenvalue weighted by atomic mass is 32.2. The number of nitrogens with zero attached hydrogens (tertiary/aromatic N) is 1. The van der Waals surface area contributed by atoms with Crippen LogP contribution in [-0.4, -0.2) is 27.4 Å². The van der Waals surface area contributed by atoms with Gasteiger partial charge in [-0.05, 0) is 54.5 Å². The molecule has 1 amide bonds. The van der Waals surface area contributed by atoms with Crippen LogP contribution < -0.4 is 19.5 Å². The molecule has 0 radical (unpaired) electrons. The topological polar surface area (TPSA) is 102 Å². The van der Waals surface area contributed by atoms with Crippen LogP contribution in [0, 0.1) is 11.7 Å². The summed E-state index contributed by atoms with van der Waals surface area (Å²) in [6.45, 7) is 0.0926. The molecule has 0 spiro atoms. The second-order valence-electron chi connectivity index (χ2n) is 7.33. The molecule has 2 aromatic rings. The monoisotopic (exact) mass is 419 g/mol. The van der Waals surface area contributed by atoms with Crippen LogP contribution in [0.25, 0.3) is 0 Å². The van der Waals surface area contributed by atoms with Gasteiger partial charge in [-0.3, -0.25) is 4.79 Å². The number of carbonyl (C=O) groups excluding carboxylic acids is 1. The molecule has 0 saturated carbocycles. The van der Waals surface area contributed by atoms with Gasteiger partial charge >= 0.3 is 10.2 Å². The zero-order valence-corrected chi connectivity index (χ0v) is 16.5. The Morgan fingerprint density at radius 1 is 1.28 bits per heavy atom. The minimum absolute atomic E-state index is 0.108. The third kappa shape index (κ3) is 3.79. The van der Waals surface area contributed by atoms with Gasteiger partial charge in [-0.25, -0.2) is 13.4 Å². The lowest BCUT2D eigenvalue weighted by atomic mass is 9.83. The van der Waals surface area contributed by atoms with Gasteiger partial charge < -0.3 is 10.5 Å². The largest absolute Gasteiger partial charge is 0.487 e. The third-order valence-corrected chi connectivity index (χ3v) is 6.73. The lowest BCUT2D eigenvalue weighted by Gasteiger charge is -2.28. The standard InChI is InChI=1S/C20H22FN3O4S/c21-19-16-8-14(10-22)6-7-15(16)9-17(28-12-13-4-2-1-3-5-13)20(19)24-11-18(25)23-29(24,26)27/h1-5,9,14H,6-8,10-12,22H2,(H,23,25). The van der Waals surface area contributed by atoms with Crippen molar-refractivity contribution in [2.45, 2.75) is 25.9 Å². The van der Waals surface area contributed by atoms with E-state index in [0.717, 1.165) is 21.9 Å². The molecule has 2 aliphatic rings. The molecule has 0 aromatic heterocycles. The second-order valence-corrected chi connectivity index (χ2v) is 8.93. The smallest absolute Gasteiger partial charge is 0.326 e. The Balaban J connectivity index is 1.78. The quantitative estimate of drug-likeness (QED) is 0.767. The van der Waals surface area contributed by atoms with Crippen LogP contribution in [-0.2, 0) is 34.5 Å². The molecule has 1 unspecified atom stereocenters. The zero-order valence-electron chi connectivity index (χ0n) is 15.7. The molecule has 2 aromatic carbocycles. The Hall–Kier alpha value is -2.65. The van der Waals surface area contributed by atoms with Gasteiger partial charge in [0.1, 0.15) is 24.6 Å². The van der Waals surface area contributed by atoms with E-state index in [1.165, 1.54) is 0 Å². The van der Waals surface area contributed by atoms with Crippen LogP contribution in [0.15, 0.2) is 36.4 Å². The number of nitrogens with two attached hydrogens (primary N) is 1. The van der Waals surface area contributed by atoms with Crippen LogP contribution in [0.5, 0.6) is 5.75 Å². The molecule has 0 bridgehead atoms. The summed E-state index contributed by atoms with van der Waals surface area (Å²) in [5.41, 5.74) is 7.63. The average molecular weight is 419 g/mol. The number of nitrogens with one attached hydrogen (secondary N) is 1. The van der Waals surface area contributed by atoms with E-state index in [1.54, 1.807) is 6.07 Å². The predicted molar refractivity (Wildman–Crippen MR) is 106 cm³/mol. The Morgan fingerprint density at radius 3 is 2.69 bits per heavy atom. The van der Waals surface area contributed by atoms with Crippen molar-refractivity contribution in [3.05, 3.63) is 58.9 Å². The number of amides is 1. The van der Waals surface area contributed by atoms with Gasteiger partial charge in [0, 0.05) is 0 Å². The van der Waals surface area contributed by atoms with E-state index in [9.17, 15) is 13.2 Å². The molecule has 4 rings (SSSR count). The van der Waals surface area contributed by atoms with E-state index in [2.05, 4.69) is 0 Å². The van der Waals surface area contributed by atoms with E-state index >= 15 is 4.39 Å². The number of ether oxygens (including phenoxy) is 1. The number of hydrogen-bond acceptors (Lipinski definition) is 5. The third-order valence-electron chi connectivity index (χ3n) is 5.35. The lowest BCUT2D eigenvalue weighted by molar-refractivity contribution is -0.117. The Kier molecular flexibility index (Phi) is 5.18. The number of benzene rings is 2. The van der Waals surface area contributed by atoms with Crippen molar-refractivity contribution in [3.8, 4) is 5.75 Å². The van der Waals surface area contributed by atoms with Crippen molar-refractivity contribution < 1.29 is 22.3 Å². The number of fused-ring (bicyclic) bond motifs is 1. The summed E-state index contributed by atoms with van der Waals surface area (Å²) in [4.78, 5) is 11.7. The van der Waals surface area contributed by atoms with Crippen molar-refractivity contribution in [1.29, 1.82) is 0 Å². The maximum atomic E-state index is 15.6. The Morgan fingerprint density at radius 2 is 2.03 bits per heavy atom. The van der Waals surface area contributed by atoms with E-state index in [1.807, 2.05) is 35.1 Å². The van der Waals surface area contributed by atoms with Gasteiger partial charge in [0.2, 0.25) is 0 Å². The molecule has 29 heavy (non-hydrogen) atoms. The van der Waals surface area contributed by atoms with E-state index in [4.69, 9.17) is 10.5 Å². The van der Waals surface area contributed by atoms with Gasteiger partial charge in [-0.2, -0.15) is 8.42 Å². The van der Waals surface area contributed by atoms with E-state index in [0.29, 0.717) is 24.9 Å². The molecule has 9 heteroatoms. The molecule has 1 aliphatic heterocycles. The predicted octanol–water partition coefficient (Wildman–Crippen LogP) is 1.65. The molecule has 1 atom stereocenters. The molecule has 154 valence electrons. The fourth-order valence-corrected chi connectivity index (χ4v) is 4.98. The normalized spacial score (nSPS) is 20.3. The summed E-state index contributed by atoms with van der Waals surface area (Å²) in [7, 11) is -4.17. The highest BCUT2D eigenvalue weighted by Crippen LogP contribution is 2.41. The SMILES string of the molecule is NCC1CCc2cc(OCc3ccccc3)c(N3CC(=O)NS3(=O)=O)c(F)c2C1. The van der Waals surface area contributed by atoms with Crippen molar-refractivity contribution in [3.63, 3.8) is 0 Å². The Bertz CT molecular complexity index is 1040. The van der Waals surface area contributed by atoms with Crippen LogP contribution >= 0.6 is 0 Å². The van der Waals surface area contributed by atoms with E-state index < -0.39 is 28.5 Å². The lowest BCUT2D eigenvalue weighted by Crippen LogP contribution is -2.31. The van der Waals surface area contributed by atoms with Crippen molar-refractivity contribution >= 4 is 21.8 Å².